The molecule has 0 saturated carbocycles. The lowest BCUT2D eigenvalue weighted by atomic mass is 10.0. The molecular weight excluding hydrogens is 308 g/mol. The molecule has 0 aliphatic carbocycles. The molecular formula is C18H18N2O4. The lowest BCUT2D eigenvalue weighted by Crippen LogP contribution is -2.42. The Hall–Kier alpha value is -3.15. The zero-order chi connectivity index (χ0) is 17.3. The van der Waals surface area contributed by atoms with Crippen molar-refractivity contribution in [1.82, 2.24) is 4.90 Å². The van der Waals surface area contributed by atoms with Crippen LogP contribution in [0.2, 0.25) is 0 Å². The number of hydrogen-bond donors (Lipinski definition) is 3. The summed E-state index contributed by atoms with van der Waals surface area (Å²) in [4.78, 5) is 14.4. The van der Waals surface area contributed by atoms with Gasteiger partial charge in [0.2, 0.25) is 5.75 Å². The number of ether oxygens (including phenoxy) is 1. The van der Waals surface area contributed by atoms with E-state index in [-0.39, 0.29) is 23.2 Å². The predicted octanol–water partition coefficient (Wildman–Crippen LogP) is 2.86. The molecule has 0 spiro atoms. The Balaban J connectivity index is 2.10. The summed E-state index contributed by atoms with van der Waals surface area (Å²) in [5.74, 6) is -0.646. The third kappa shape index (κ3) is 2.52. The van der Waals surface area contributed by atoms with Gasteiger partial charge in [-0.15, -0.1) is 6.58 Å². The van der Waals surface area contributed by atoms with Crippen molar-refractivity contribution in [3.05, 3.63) is 60.2 Å². The predicted molar refractivity (Wildman–Crippen MR) is 90.4 cm³/mol. The molecule has 0 bridgehead atoms. The van der Waals surface area contributed by atoms with Gasteiger partial charge in [0.05, 0.1) is 12.7 Å². The minimum absolute atomic E-state index is 0.136. The van der Waals surface area contributed by atoms with Crippen LogP contribution in [0.1, 0.15) is 22.1 Å². The Labute approximate surface area is 139 Å². The molecule has 0 fully saturated rings. The van der Waals surface area contributed by atoms with Gasteiger partial charge in [-0.25, -0.2) is 0 Å². The van der Waals surface area contributed by atoms with E-state index < -0.39 is 6.17 Å². The topological polar surface area (TPSA) is 82.0 Å². The number of phenols is 2. The smallest absolute Gasteiger partial charge is 0.258 e. The van der Waals surface area contributed by atoms with Gasteiger partial charge in [0.25, 0.3) is 5.91 Å². The molecule has 6 nitrogen and oxygen atoms in total. The molecule has 1 amide bonds. The third-order valence-corrected chi connectivity index (χ3v) is 3.96. The van der Waals surface area contributed by atoms with Gasteiger partial charge >= 0.3 is 0 Å². The lowest BCUT2D eigenvalue weighted by molar-refractivity contribution is 0.0707. The van der Waals surface area contributed by atoms with Gasteiger partial charge in [0.1, 0.15) is 6.17 Å². The van der Waals surface area contributed by atoms with E-state index in [4.69, 9.17) is 4.74 Å². The fourth-order valence-corrected chi connectivity index (χ4v) is 2.81. The highest BCUT2D eigenvalue weighted by atomic mass is 16.5. The summed E-state index contributed by atoms with van der Waals surface area (Å²) in [7, 11) is 1.40. The highest BCUT2D eigenvalue weighted by Crippen LogP contribution is 2.41. The number of aromatic hydroxyl groups is 2. The number of carbonyl (C=O) groups is 1. The van der Waals surface area contributed by atoms with Crippen molar-refractivity contribution in [3.63, 3.8) is 0 Å². The lowest BCUT2D eigenvalue weighted by Gasteiger charge is -2.37. The molecule has 0 unspecified atom stereocenters. The van der Waals surface area contributed by atoms with E-state index in [1.807, 2.05) is 12.1 Å². The fraction of sp³-hybridized carbons (Fsp3) is 0.167. The van der Waals surface area contributed by atoms with Crippen LogP contribution in [0.15, 0.2) is 49.1 Å². The second-order valence-electron chi connectivity index (χ2n) is 5.43. The van der Waals surface area contributed by atoms with Gasteiger partial charge in [-0.1, -0.05) is 18.2 Å². The number of anilines is 1. The summed E-state index contributed by atoms with van der Waals surface area (Å²) in [6.45, 7) is 4.03. The van der Waals surface area contributed by atoms with Crippen LogP contribution in [0, 0.1) is 0 Å². The molecule has 0 aromatic heterocycles. The number of methoxy groups -OCH3 is 1. The summed E-state index contributed by atoms with van der Waals surface area (Å²) in [5.41, 5.74) is 1.87. The number of carbonyl (C=O) groups excluding carboxylic acids is 1. The number of hydrogen-bond acceptors (Lipinski definition) is 5. The fourth-order valence-electron chi connectivity index (χ4n) is 2.81. The SMILES string of the molecule is C=CCN1C(=O)c2ccccc2N[C@H]1c1cc(O)c(O)c(OC)c1. The summed E-state index contributed by atoms with van der Waals surface area (Å²) in [6, 6.07) is 10.2. The molecule has 1 atom stereocenters. The number of amides is 1. The average molecular weight is 326 g/mol. The summed E-state index contributed by atoms with van der Waals surface area (Å²) < 4.78 is 5.09. The normalized spacial score (nSPS) is 16.3. The molecule has 0 radical (unpaired) electrons. The first kappa shape index (κ1) is 15.7. The van der Waals surface area contributed by atoms with Gasteiger partial charge in [-0.05, 0) is 24.3 Å². The Morgan fingerprint density at radius 1 is 1.33 bits per heavy atom. The van der Waals surface area contributed by atoms with Gasteiger partial charge in [-0.3, -0.25) is 4.79 Å². The van der Waals surface area contributed by atoms with Crippen molar-refractivity contribution in [2.24, 2.45) is 0 Å². The average Bonchev–Trinajstić information content (AvgIpc) is 2.59. The first-order chi connectivity index (χ1) is 11.6. The summed E-state index contributed by atoms with van der Waals surface area (Å²) in [5, 5.41) is 23.0. The minimum Gasteiger partial charge on any atom is -0.504 e. The van der Waals surface area contributed by atoms with Crippen LogP contribution >= 0.6 is 0 Å². The minimum atomic E-state index is -0.522. The largest absolute Gasteiger partial charge is 0.504 e. The number of para-hydroxylation sites is 1. The third-order valence-electron chi connectivity index (χ3n) is 3.96. The molecule has 2 aromatic rings. The molecule has 3 rings (SSSR count). The number of benzene rings is 2. The van der Waals surface area contributed by atoms with E-state index in [0.29, 0.717) is 23.4 Å². The first-order valence-corrected chi connectivity index (χ1v) is 7.44. The van der Waals surface area contributed by atoms with E-state index in [9.17, 15) is 15.0 Å². The monoisotopic (exact) mass is 326 g/mol. The molecule has 1 aliphatic heterocycles. The number of nitrogens with zero attached hydrogens (tertiary/aromatic N) is 1. The van der Waals surface area contributed by atoms with E-state index in [2.05, 4.69) is 11.9 Å². The van der Waals surface area contributed by atoms with Crippen LogP contribution in [0.3, 0.4) is 0 Å². The second-order valence-corrected chi connectivity index (χ2v) is 5.43. The van der Waals surface area contributed by atoms with E-state index in [0.717, 1.165) is 0 Å². The van der Waals surface area contributed by atoms with Crippen LogP contribution in [0.4, 0.5) is 5.69 Å². The summed E-state index contributed by atoms with van der Waals surface area (Å²) in [6.07, 6.45) is 1.11. The van der Waals surface area contributed by atoms with Crippen molar-refractivity contribution < 1.29 is 19.7 Å². The Morgan fingerprint density at radius 2 is 2.08 bits per heavy atom. The van der Waals surface area contributed by atoms with Crippen molar-refractivity contribution in [2.75, 3.05) is 19.0 Å². The standard InChI is InChI=1S/C18H18N2O4/c1-3-8-20-17(11-9-14(21)16(22)15(10-11)24-2)19-13-7-5-4-6-12(13)18(20)23/h3-7,9-10,17,19,21-22H,1,8H2,2H3/t17-/m1/s1. The zero-order valence-corrected chi connectivity index (χ0v) is 13.2. The van der Waals surface area contributed by atoms with Crippen molar-refractivity contribution >= 4 is 11.6 Å². The van der Waals surface area contributed by atoms with Gasteiger partial charge in [-0.2, -0.15) is 0 Å². The zero-order valence-electron chi connectivity index (χ0n) is 13.2. The van der Waals surface area contributed by atoms with Gasteiger partial charge in [0.15, 0.2) is 11.5 Å². The quantitative estimate of drug-likeness (QED) is 0.594. The number of phenolic OH excluding ortho intramolecular Hbond substituents is 2. The molecule has 3 N–H and O–H groups in total. The molecule has 124 valence electrons. The van der Waals surface area contributed by atoms with Crippen LogP contribution < -0.4 is 10.1 Å². The van der Waals surface area contributed by atoms with Crippen molar-refractivity contribution in [1.29, 1.82) is 0 Å². The van der Waals surface area contributed by atoms with Crippen LogP contribution in [-0.2, 0) is 0 Å². The molecule has 2 aromatic carbocycles. The molecule has 6 heteroatoms. The van der Waals surface area contributed by atoms with Crippen molar-refractivity contribution in [3.8, 4) is 17.2 Å². The number of fused-ring (bicyclic) bond motifs is 1. The maximum absolute atomic E-state index is 12.8. The van der Waals surface area contributed by atoms with Gasteiger partial charge < -0.3 is 25.2 Å². The Morgan fingerprint density at radius 3 is 2.79 bits per heavy atom. The van der Waals surface area contributed by atoms with Crippen LogP contribution in [0.5, 0.6) is 17.2 Å². The van der Waals surface area contributed by atoms with Crippen molar-refractivity contribution in [2.45, 2.75) is 6.17 Å². The van der Waals surface area contributed by atoms with Crippen LogP contribution in [-0.4, -0.2) is 34.7 Å². The second kappa shape index (κ2) is 6.16. The molecule has 1 heterocycles. The Kier molecular flexibility index (Phi) is 4.04. The van der Waals surface area contributed by atoms with Gasteiger partial charge in [0, 0.05) is 17.8 Å². The molecule has 24 heavy (non-hydrogen) atoms. The molecule has 1 aliphatic rings. The highest BCUT2D eigenvalue weighted by Gasteiger charge is 2.32. The Bertz CT molecular complexity index is 804. The first-order valence-electron chi connectivity index (χ1n) is 7.44. The van der Waals surface area contributed by atoms with Crippen LogP contribution in [0.25, 0.3) is 0 Å². The van der Waals surface area contributed by atoms with E-state index >= 15 is 0 Å². The molecule has 0 saturated heterocycles. The van der Waals surface area contributed by atoms with E-state index in [1.54, 1.807) is 29.2 Å². The number of nitrogens with one attached hydrogen (secondary N) is 1. The van der Waals surface area contributed by atoms with E-state index in [1.165, 1.54) is 13.2 Å². The maximum atomic E-state index is 12.8. The number of rotatable bonds is 4. The maximum Gasteiger partial charge on any atom is 0.258 e. The highest BCUT2D eigenvalue weighted by molar-refractivity contribution is 6.01. The summed E-state index contributed by atoms with van der Waals surface area (Å²) >= 11 is 0.